The molecule has 1 aromatic carbocycles. The first-order valence-electron chi connectivity index (χ1n) is 6.96. The van der Waals surface area contributed by atoms with Gasteiger partial charge in [-0.15, -0.1) is 0 Å². The number of hydrogen-bond acceptors (Lipinski definition) is 3. The van der Waals surface area contributed by atoms with E-state index in [1.807, 2.05) is 13.0 Å². The van der Waals surface area contributed by atoms with Crippen molar-refractivity contribution in [3.63, 3.8) is 0 Å². The van der Waals surface area contributed by atoms with E-state index in [4.69, 9.17) is 11.6 Å². The highest BCUT2D eigenvalue weighted by atomic mass is 35.5. The third-order valence-electron chi connectivity index (χ3n) is 2.94. The molecule has 1 heterocycles. The molecule has 0 unspecified atom stereocenters. The first-order valence-corrected chi connectivity index (χ1v) is 7.34. The maximum atomic E-state index is 13.2. The summed E-state index contributed by atoms with van der Waals surface area (Å²) < 4.78 is 13.2. The van der Waals surface area contributed by atoms with E-state index < -0.39 is 5.82 Å². The molecule has 0 spiro atoms. The largest absolute Gasteiger partial charge is 0.311 e. The first-order chi connectivity index (χ1) is 9.95. The molecule has 1 aromatic heterocycles. The van der Waals surface area contributed by atoms with Gasteiger partial charge in [0.2, 0.25) is 0 Å². The Bertz CT molecular complexity index is 629. The van der Waals surface area contributed by atoms with Gasteiger partial charge in [-0.2, -0.15) is 0 Å². The van der Waals surface area contributed by atoms with Gasteiger partial charge in [0.05, 0.1) is 10.7 Å². The van der Waals surface area contributed by atoms with Gasteiger partial charge in [-0.3, -0.25) is 0 Å². The molecule has 0 bridgehead atoms. The van der Waals surface area contributed by atoms with Crippen LogP contribution in [0.15, 0.2) is 24.3 Å². The number of hydrogen-bond donors (Lipinski definition) is 1. The van der Waals surface area contributed by atoms with Gasteiger partial charge in [-0.05, 0) is 43.7 Å². The third kappa shape index (κ3) is 4.48. The molecule has 0 aliphatic rings. The molecule has 0 radical (unpaired) electrons. The van der Waals surface area contributed by atoms with Crippen LogP contribution in [0.3, 0.4) is 0 Å². The van der Waals surface area contributed by atoms with Crippen molar-refractivity contribution in [1.29, 1.82) is 0 Å². The fourth-order valence-electron chi connectivity index (χ4n) is 1.98. The lowest BCUT2D eigenvalue weighted by molar-refractivity contribution is 0.548. The van der Waals surface area contributed by atoms with Crippen LogP contribution >= 0.6 is 11.6 Å². The number of benzene rings is 1. The summed E-state index contributed by atoms with van der Waals surface area (Å²) >= 11 is 5.82. The minimum atomic E-state index is -0.438. The van der Waals surface area contributed by atoms with Crippen molar-refractivity contribution in [3.8, 4) is 11.4 Å². The number of aromatic nitrogens is 2. The minimum absolute atomic E-state index is 0.0806. The van der Waals surface area contributed by atoms with Crippen LogP contribution in [0.2, 0.25) is 5.02 Å². The zero-order valence-electron chi connectivity index (χ0n) is 12.5. The van der Waals surface area contributed by atoms with Gasteiger partial charge in [0, 0.05) is 17.8 Å². The Morgan fingerprint density at radius 1 is 1.24 bits per heavy atom. The molecule has 1 N–H and O–H groups in total. The van der Waals surface area contributed by atoms with E-state index in [1.54, 1.807) is 12.1 Å². The molecule has 3 nitrogen and oxygen atoms in total. The quantitative estimate of drug-likeness (QED) is 0.907. The van der Waals surface area contributed by atoms with E-state index in [-0.39, 0.29) is 5.02 Å². The molecule has 0 atom stereocenters. The van der Waals surface area contributed by atoms with Crippen molar-refractivity contribution in [2.75, 3.05) is 6.54 Å². The Morgan fingerprint density at radius 2 is 2.00 bits per heavy atom. The molecule has 2 aromatic rings. The lowest BCUT2D eigenvalue weighted by atomic mass is 10.2. The van der Waals surface area contributed by atoms with Crippen LogP contribution in [0.5, 0.6) is 0 Å². The predicted molar refractivity (Wildman–Crippen MR) is 83.7 cm³/mol. The molecule has 5 heteroatoms. The Kier molecular flexibility index (Phi) is 5.26. The average molecular weight is 308 g/mol. The summed E-state index contributed by atoms with van der Waals surface area (Å²) in [6.07, 6.45) is 0. The SMILES string of the molecule is Cc1cc(CNCC(C)C)nc(-c2ccc(F)c(Cl)c2)n1. The summed E-state index contributed by atoms with van der Waals surface area (Å²) in [5.41, 5.74) is 2.51. The summed E-state index contributed by atoms with van der Waals surface area (Å²) in [4.78, 5) is 8.91. The van der Waals surface area contributed by atoms with Crippen LogP contribution in [0.25, 0.3) is 11.4 Å². The number of nitrogens with one attached hydrogen (secondary N) is 1. The molecular weight excluding hydrogens is 289 g/mol. The fourth-order valence-corrected chi connectivity index (χ4v) is 2.16. The van der Waals surface area contributed by atoms with Gasteiger partial charge in [0.25, 0.3) is 0 Å². The molecule has 0 saturated heterocycles. The van der Waals surface area contributed by atoms with Crippen LogP contribution in [0, 0.1) is 18.7 Å². The summed E-state index contributed by atoms with van der Waals surface area (Å²) in [5, 5.41) is 3.43. The van der Waals surface area contributed by atoms with Crippen molar-refractivity contribution in [1.82, 2.24) is 15.3 Å². The van der Waals surface area contributed by atoms with Gasteiger partial charge in [-0.1, -0.05) is 25.4 Å². The van der Waals surface area contributed by atoms with E-state index in [0.29, 0.717) is 18.3 Å². The molecule has 0 amide bonds. The molecular formula is C16H19ClFN3. The molecule has 0 saturated carbocycles. The highest BCUT2D eigenvalue weighted by molar-refractivity contribution is 6.31. The Hall–Kier alpha value is -1.52. The van der Waals surface area contributed by atoms with Crippen molar-refractivity contribution < 1.29 is 4.39 Å². The van der Waals surface area contributed by atoms with E-state index in [9.17, 15) is 4.39 Å². The normalized spacial score (nSPS) is 11.1. The van der Waals surface area contributed by atoms with E-state index >= 15 is 0 Å². The van der Waals surface area contributed by atoms with Crippen molar-refractivity contribution in [2.45, 2.75) is 27.3 Å². The zero-order valence-corrected chi connectivity index (χ0v) is 13.2. The highest BCUT2D eigenvalue weighted by Gasteiger charge is 2.08. The van der Waals surface area contributed by atoms with E-state index in [1.165, 1.54) is 6.07 Å². The molecule has 2 rings (SSSR count). The lowest BCUT2D eigenvalue weighted by Crippen LogP contribution is -2.20. The van der Waals surface area contributed by atoms with Gasteiger partial charge < -0.3 is 5.32 Å². The smallest absolute Gasteiger partial charge is 0.159 e. The van der Waals surface area contributed by atoms with Crippen LogP contribution in [-0.2, 0) is 6.54 Å². The number of rotatable bonds is 5. The van der Waals surface area contributed by atoms with E-state index in [2.05, 4.69) is 29.1 Å². The van der Waals surface area contributed by atoms with Gasteiger partial charge in [0.1, 0.15) is 5.82 Å². The Morgan fingerprint density at radius 3 is 2.67 bits per heavy atom. The van der Waals surface area contributed by atoms with Gasteiger partial charge in [-0.25, -0.2) is 14.4 Å². The van der Waals surface area contributed by atoms with Crippen molar-refractivity contribution in [3.05, 3.63) is 46.5 Å². The average Bonchev–Trinajstić information content (AvgIpc) is 2.41. The molecule has 112 valence electrons. The van der Waals surface area contributed by atoms with E-state index in [0.717, 1.165) is 23.5 Å². The lowest BCUT2D eigenvalue weighted by Gasteiger charge is -2.09. The highest BCUT2D eigenvalue weighted by Crippen LogP contribution is 2.22. The fraction of sp³-hybridized carbons (Fsp3) is 0.375. The molecule has 0 aliphatic carbocycles. The second-order valence-electron chi connectivity index (χ2n) is 5.48. The minimum Gasteiger partial charge on any atom is -0.311 e. The standard InChI is InChI=1S/C16H19ClFN3/c1-10(2)8-19-9-13-6-11(3)20-16(21-13)12-4-5-15(18)14(17)7-12/h4-7,10,19H,8-9H2,1-3H3. The molecule has 0 aliphatic heterocycles. The maximum Gasteiger partial charge on any atom is 0.159 e. The van der Waals surface area contributed by atoms with Crippen molar-refractivity contribution >= 4 is 11.6 Å². The summed E-state index contributed by atoms with van der Waals surface area (Å²) in [6, 6.07) is 6.47. The summed E-state index contributed by atoms with van der Waals surface area (Å²) in [7, 11) is 0. The monoisotopic (exact) mass is 307 g/mol. The van der Waals surface area contributed by atoms with Gasteiger partial charge in [0.15, 0.2) is 5.82 Å². The topological polar surface area (TPSA) is 37.8 Å². The molecule has 0 fully saturated rings. The second-order valence-corrected chi connectivity index (χ2v) is 5.89. The van der Waals surface area contributed by atoms with Gasteiger partial charge >= 0.3 is 0 Å². The maximum absolute atomic E-state index is 13.2. The van der Waals surface area contributed by atoms with Crippen LogP contribution < -0.4 is 5.32 Å². The number of halogens is 2. The Labute approximate surface area is 129 Å². The molecule has 21 heavy (non-hydrogen) atoms. The Balaban J connectivity index is 2.23. The summed E-state index contributed by atoms with van der Waals surface area (Å²) in [6.45, 7) is 7.85. The zero-order chi connectivity index (χ0) is 15.4. The predicted octanol–water partition coefficient (Wildman–Crippen LogP) is 3.99. The van der Waals surface area contributed by atoms with Crippen molar-refractivity contribution in [2.24, 2.45) is 5.92 Å². The third-order valence-corrected chi connectivity index (χ3v) is 3.23. The number of nitrogens with zero attached hydrogens (tertiary/aromatic N) is 2. The van der Waals surface area contributed by atoms with Crippen LogP contribution in [0.4, 0.5) is 4.39 Å². The summed E-state index contributed by atoms with van der Waals surface area (Å²) in [5.74, 6) is 0.716. The number of aryl methyl sites for hydroxylation is 1. The first kappa shape index (κ1) is 15.9. The second kappa shape index (κ2) is 6.96. The van der Waals surface area contributed by atoms with Crippen LogP contribution in [0.1, 0.15) is 25.2 Å². The van der Waals surface area contributed by atoms with Crippen LogP contribution in [-0.4, -0.2) is 16.5 Å².